The molecule has 0 aromatic rings. The van der Waals surface area contributed by atoms with Crippen molar-refractivity contribution in [2.24, 2.45) is 0 Å². The Morgan fingerprint density at radius 2 is 1.78 bits per heavy atom. The molecular weight excluding hydrogens is 252 g/mol. The van der Waals surface area contributed by atoms with Crippen molar-refractivity contribution in [1.29, 1.82) is 0 Å². The molecule has 0 fully saturated rings. The molecule has 18 heavy (non-hydrogen) atoms. The summed E-state index contributed by atoms with van der Waals surface area (Å²) in [7, 11) is 0. The first kappa shape index (κ1) is 17.1. The Kier molecular flexibility index (Phi) is 5.99. The van der Waals surface area contributed by atoms with Crippen LogP contribution in [0.15, 0.2) is 0 Å². The molecule has 0 bridgehead atoms. The van der Waals surface area contributed by atoms with Gasteiger partial charge >= 0.3 is 12.0 Å². The molecule has 106 valence electrons. The van der Waals surface area contributed by atoms with E-state index in [4.69, 9.17) is 5.11 Å². The van der Waals surface area contributed by atoms with E-state index < -0.39 is 11.5 Å². The predicted octanol–water partition coefficient (Wildman–Crippen LogP) is 2.02. The zero-order chi connectivity index (χ0) is 14.6. The maximum absolute atomic E-state index is 12.0. The third kappa shape index (κ3) is 4.40. The highest BCUT2D eigenvalue weighted by atomic mass is 32.2. The Bertz CT molecular complexity index is 316. The lowest BCUT2D eigenvalue weighted by Crippen LogP contribution is -2.57. The third-order valence-corrected chi connectivity index (χ3v) is 4.23. The number of carbonyl (C=O) groups excluding carboxylic acids is 1. The Morgan fingerprint density at radius 3 is 2.11 bits per heavy atom. The normalized spacial score (nSPS) is 12.1. The summed E-state index contributed by atoms with van der Waals surface area (Å²) in [4.78, 5) is 24.5. The van der Waals surface area contributed by atoms with Crippen molar-refractivity contribution in [2.45, 2.75) is 44.9 Å². The molecule has 2 N–H and O–H groups in total. The summed E-state index contributed by atoms with van der Waals surface area (Å²) < 4.78 is -0.0670. The van der Waals surface area contributed by atoms with Gasteiger partial charge in [0, 0.05) is 17.8 Å². The monoisotopic (exact) mass is 276 g/mol. The molecule has 6 heteroatoms. The van der Waals surface area contributed by atoms with Gasteiger partial charge < -0.3 is 15.3 Å². The van der Waals surface area contributed by atoms with Crippen molar-refractivity contribution in [1.82, 2.24) is 10.2 Å². The first-order chi connectivity index (χ1) is 8.08. The van der Waals surface area contributed by atoms with Gasteiger partial charge in [-0.15, -0.1) is 0 Å². The number of nitrogens with zero attached hydrogens (tertiary/aromatic N) is 1. The van der Waals surface area contributed by atoms with Crippen molar-refractivity contribution in [3.63, 3.8) is 0 Å². The number of carboxylic acid groups (broad SMARTS) is 1. The second-order valence-corrected chi connectivity index (χ2v) is 6.74. The largest absolute Gasteiger partial charge is 0.480 e. The number of thioether (sulfide) groups is 1. The third-order valence-electron chi connectivity index (χ3n) is 2.98. The molecule has 2 amide bonds. The topological polar surface area (TPSA) is 69.6 Å². The van der Waals surface area contributed by atoms with Gasteiger partial charge in [0.25, 0.3) is 0 Å². The molecule has 0 aromatic carbocycles. The number of carbonyl (C=O) groups is 2. The minimum Gasteiger partial charge on any atom is -0.480 e. The average Bonchev–Trinajstić information content (AvgIpc) is 2.27. The summed E-state index contributed by atoms with van der Waals surface area (Å²) in [6.07, 6.45) is 1.98. The van der Waals surface area contributed by atoms with Gasteiger partial charge in [-0.3, -0.25) is 0 Å². The molecule has 0 aliphatic carbocycles. The number of aliphatic carboxylic acids is 1. The summed E-state index contributed by atoms with van der Waals surface area (Å²) in [5.74, 6) is -1.01. The number of carboxylic acids is 1. The van der Waals surface area contributed by atoms with E-state index in [1.54, 1.807) is 18.7 Å². The van der Waals surface area contributed by atoms with Crippen LogP contribution in [0.2, 0.25) is 0 Å². The van der Waals surface area contributed by atoms with Gasteiger partial charge in [0.05, 0.1) is 0 Å². The second kappa shape index (κ2) is 6.31. The van der Waals surface area contributed by atoms with Gasteiger partial charge in [0.2, 0.25) is 0 Å². The van der Waals surface area contributed by atoms with Gasteiger partial charge in [0.1, 0.15) is 5.54 Å². The van der Waals surface area contributed by atoms with E-state index in [0.29, 0.717) is 13.1 Å². The van der Waals surface area contributed by atoms with Crippen molar-refractivity contribution in [3.05, 3.63) is 0 Å². The predicted molar refractivity (Wildman–Crippen MR) is 75.1 cm³/mol. The minimum atomic E-state index is -1.21. The van der Waals surface area contributed by atoms with Crippen LogP contribution in [0.4, 0.5) is 4.79 Å². The van der Waals surface area contributed by atoms with Gasteiger partial charge in [-0.05, 0) is 40.9 Å². The number of urea groups is 1. The van der Waals surface area contributed by atoms with E-state index in [0.717, 1.165) is 0 Å². The average molecular weight is 276 g/mol. The molecule has 0 rings (SSSR count). The first-order valence-corrected chi connectivity index (χ1v) is 7.15. The number of hydrogen-bond acceptors (Lipinski definition) is 3. The van der Waals surface area contributed by atoms with Crippen LogP contribution in [0.1, 0.15) is 34.6 Å². The smallest absolute Gasteiger partial charge is 0.329 e. The van der Waals surface area contributed by atoms with Crippen LogP contribution in [0, 0.1) is 0 Å². The zero-order valence-corrected chi connectivity index (χ0v) is 12.8. The van der Waals surface area contributed by atoms with E-state index in [9.17, 15) is 9.59 Å². The van der Waals surface area contributed by atoms with Gasteiger partial charge in [-0.25, -0.2) is 9.59 Å². The highest BCUT2D eigenvalue weighted by molar-refractivity contribution is 7.99. The van der Waals surface area contributed by atoms with Crippen molar-refractivity contribution in [2.75, 3.05) is 19.3 Å². The lowest BCUT2D eigenvalue weighted by Gasteiger charge is -2.35. The zero-order valence-electron chi connectivity index (χ0n) is 12.0. The van der Waals surface area contributed by atoms with Crippen molar-refractivity contribution in [3.8, 4) is 0 Å². The number of hydrogen-bond donors (Lipinski definition) is 2. The number of rotatable bonds is 6. The molecule has 5 nitrogen and oxygen atoms in total. The van der Waals surface area contributed by atoms with Crippen LogP contribution in [0.3, 0.4) is 0 Å². The fourth-order valence-corrected chi connectivity index (χ4v) is 1.58. The quantitative estimate of drug-likeness (QED) is 0.778. The summed E-state index contributed by atoms with van der Waals surface area (Å²) in [6, 6.07) is -0.341. The number of amides is 2. The molecule has 0 heterocycles. The van der Waals surface area contributed by atoms with E-state index in [-0.39, 0.29) is 10.8 Å². The van der Waals surface area contributed by atoms with Gasteiger partial charge in [0.15, 0.2) is 0 Å². The van der Waals surface area contributed by atoms with Crippen LogP contribution in [-0.4, -0.2) is 51.6 Å². The molecule has 0 spiro atoms. The molecule has 0 radical (unpaired) electrons. The Labute approximate surface area is 113 Å². The molecule has 0 atom stereocenters. The fourth-order valence-electron chi connectivity index (χ4n) is 1.36. The van der Waals surface area contributed by atoms with Crippen LogP contribution in [-0.2, 0) is 4.79 Å². The maximum atomic E-state index is 12.0. The van der Waals surface area contributed by atoms with Crippen LogP contribution < -0.4 is 5.32 Å². The number of nitrogens with one attached hydrogen (secondary N) is 1. The molecule has 0 aliphatic rings. The van der Waals surface area contributed by atoms with Crippen LogP contribution in [0.25, 0.3) is 0 Å². The fraction of sp³-hybridized carbons (Fsp3) is 0.833. The standard InChI is InChI=1S/C12H24N2O3S/c1-7-14(12(4,5)9(15)16)10(17)13-8-11(2,3)18-6/h7-8H2,1-6H3,(H,13,17)(H,15,16). The van der Waals surface area contributed by atoms with E-state index in [1.165, 1.54) is 18.7 Å². The molecular formula is C12H24N2O3S. The van der Waals surface area contributed by atoms with Gasteiger partial charge in [-0.1, -0.05) is 0 Å². The van der Waals surface area contributed by atoms with E-state index >= 15 is 0 Å². The molecule has 0 aliphatic heterocycles. The molecule has 0 unspecified atom stereocenters. The highest BCUT2D eigenvalue weighted by Crippen LogP contribution is 2.20. The summed E-state index contributed by atoms with van der Waals surface area (Å²) >= 11 is 1.65. The van der Waals surface area contributed by atoms with Crippen LogP contribution in [0.5, 0.6) is 0 Å². The van der Waals surface area contributed by atoms with E-state index in [1.807, 2.05) is 20.1 Å². The first-order valence-electron chi connectivity index (χ1n) is 5.92. The van der Waals surface area contributed by atoms with Crippen molar-refractivity contribution >= 4 is 23.8 Å². The lowest BCUT2D eigenvalue weighted by molar-refractivity contribution is -0.147. The SMILES string of the molecule is CCN(C(=O)NCC(C)(C)SC)C(C)(C)C(=O)O. The summed E-state index contributed by atoms with van der Waals surface area (Å²) in [5.41, 5.74) is -1.21. The minimum absolute atomic E-state index is 0.0670. The Balaban J connectivity index is 4.70. The highest BCUT2D eigenvalue weighted by Gasteiger charge is 2.37. The van der Waals surface area contributed by atoms with E-state index in [2.05, 4.69) is 5.32 Å². The van der Waals surface area contributed by atoms with Gasteiger partial charge in [-0.2, -0.15) is 11.8 Å². The number of likely N-dealkylation sites (N-methyl/N-ethyl adjacent to an activating group) is 1. The second-order valence-electron chi connectivity index (χ2n) is 5.23. The van der Waals surface area contributed by atoms with Crippen molar-refractivity contribution < 1.29 is 14.7 Å². The Morgan fingerprint density at radius 1 is 1.28 bits per heavy atom. The molecule has 0 saturated heterocycles. The van der Waals surface area contributed by atoms with Crippen LogP contribution >= 0.6 is 11.8 Å². The molecule has 0 aromatic heterocycles. The maximum Gasteiger partial charge on any atom is 0.329 e. The Hall–Kier alpha value is -0.910. The lowest BCUT2D eigenvalue weighted by atomic mass is 10.0. The molecule has 0 saturated carbocycles. The summed E-state index contributed by atoms with van der Waals surface area (Å²) in [6.45, 7) is 9.72. The summed E-state index contributed by atoms with van der Waals surface area (Å²) in [5, 5.41) is 11.9.